The predicted molar refractivity (Wildman–Crippen MR) is 158 cm³/mol. The first-order chi connectivity index (χ1) is 20.3. The van der Waals surface area contributed by atoms with Gasteiger partial charge in [0.25, 0.3) is 10.1 Å². The minimum absolute atomic E-state index is 0.000308. The number of benzene rings is 4. The lowest BCUT2D eigenvalue weighted by molar-refractivity contribution is 0.0587. The molecule has 0 amide bonds. The van der Waals surface area contributed by atoms with Crippen molar-refractivity contribution >= 4 is 61.3 Å². The maximum Gasteiger partial charge on any atom is 0.340 e. The predicted octanol–water partition coefficient (Wildman–Crippen LogP) is 6.70. The number of carbonyl (C=O) groups is 2. The molecule has 0 saturated carbocycles. The molecule has 0 atom stereocenters. The average molecular weight is 606 g/mol. The van der Waals surface area contributed by atoms with E-state index in [-0.39, 0.29) is 39.0 Å². The Balaban J connectivity index is 1.94. The van der Waals surface area contributed by atoms with Crippen LogP contribution >= 0.6 is 0 Å². The van der Waals surface area contributed by atoms with E-state index < -0.39 is 38.4 Å². The summed E-state index contributed by atoms with van der Waals surface area (Å²) in [5.41, 5.74) is 8.73. The number of hydrogen-bond donors (Lipinski definition) is 3. The van der Waals surface area contributed by atoms with Gasteiger partial charge >= 0.3 is 11.9 Å². The van der Waals surface area contributed by atoms with Crippen molar-refractivity contribution in [1.82, 2.24) is 0 Å². The Morgan fingerprint density at radius 2 is 1.47 bits per heavy atom. The number of azo groups is 2. The molecule has 14 heteroatoms. The Kier molecular flexibility index (Phi) is 8.55. The van der Waals surface area contributed by atoms with Crippen LogP contribution in [0.1, 0.15) is 37.4 Å². The second-order valence-electron chi connectivity index (χ2n) is 9.48. The van der Waals surface area contributed by atoms with Gasteiger partial charge in [-0.1, -0.05) is 6.07 Å². The van der Waals surface area contributed by atoms with Crippen molar-refractivity contribution in [2.24, 2.45) is 20.5 Å². The Morgan fingerprint density at radius 1 is 0.791 bits per heavy atom. The first-order valence-electron chi connectivity index (χ1n) is 12.5. The minimum atomic E-state index is -4.96. The van der Waals surface area contributed by atoms with Gasteiger partial charge in [-0.05, 0) is 85.3 Å². The first-order valence-corrected chi connectivity index (χ1v) is 14.0. The van der Waals surface area contributed by atoms with Gasteiger partial charge in [0.15, 0.2) is 5.75 Å². The van der Waals surface area contributed by atoms with Gasteiger partial charge in [0, 0.05) is 0 Å². The van der Waals surface area contributed by atoms with Crippen LogP contribution in [0.25, 0.3) is 10.8 Å². The number of anilines is 1. The fourth-order valence-electron chi connectivity index (χ4n) is 4.25. The van der Waals surface area contributed by atoms with E-state index in [0.29, 0.717) is 11.3 Å². The van der Waals surface area contributed by atoms with E-state index in [4.69, 9.17) is 15.2 Å². The number of phenolic OH excluding ortho intramolecular Hbond substituents is 1. The van der Waals surface area contributed by atoms with E-state index in [1.807, 2.05) is 26.0 Å². The van der Waals surface area contributed by atoms with Gasteiger partial charge in [0.2, 0.25) is 0 Å². The quantitative estimate of drug-likeness (QED) is 0.0885. The molecule has 0 radical (unpaired) electrons. The largest absolute Gasteiger partial charge is 0.505 e. The summed E-state index contributed by atoms with van der Waals surface area (Å²) in [5.74, 6) is -2.31. The molecule has 0 heterocycles. The summed E-state index contributed by atoms with van der Waals surface area (Å²) in [6, 6.07) is 11.8. The van der Waals surface area contributed by atoms with Gasteiger partial charge < -0.3 is 20.3 Å². The van der Waals surface area contributed by atoms with Crippen LogP contribution in [0.4, 0.5) is 28.4 Å². The van der Waals surface area contributed by atoms with E-state index in [1.165, 1.54) is 18.2 Å². The number of nitrogens with two attached hydrogens (primary N) is 1. The lowest BCUT2D eigenvalue weighted by Gasteiger charge is -2.14. The Labute approximate surface area is 246 Å². The van der Waals surface area contributed by atoms with Gasteiger partial charge in [0.1, 0.15) is 22.0 Å². The van der Waals surface area contributed by atoms with Gasteiger partial charge in [-0.2, -0.15) is 13.5 Å². The van der Waals surface area contributed by atoms with Crippen molar-refractivity contribution in [1.29, 1.82) is 0 Å². The summed E-state index contributed by atoms with van der Waals surface area (Å²) < 4.78 is 44.1. The fraction of sp³-hybridized carbons (Fsp3) is 0.172. The van der Waals surface area contributed by atoms with Crippen molar-refractivity contribution in [3.05, 3.63) is 76.3 Å². The highest BCUT2D eigenvalue weighted by atomic mass is 32.2. The third-order valence-electron chi connectivity index (χ3n) is 6.66. The zero-order chi connectivity index (χ0) is 31.6. The highest BCUT2D eigenvalue weighted by molar-refractivity contribution is 7.86. The molecule has 0 aromatic heterocycles. The average Bonchev–Trinajstić information content (AvgIpc) is 2.96. The molecule has 0 aliphatic rings. The van der Waals surface area contributed by atoms with Crippen LogP contribution in [0.3, 0.4) is 0 Å². The molecule has 222 valence electrons. The van der Waals surface area contributed by atoms with Crippen molar-refractivity contribution in [2.45, 2.75) is 25.7 Å². The number of rotatable bonds is 7. The molecular formula is C29H27N5O8S. The van der Waals surface area contributed by atoms with Crippen molar-refractivity contribution in [3.8, 4) is 5.75 Å². The van der Waals surface area contributed by atoms with Crippen LogP contribution in [-0.2, 0) is 19.6 Å². The number of nitrogens with zero attached hydrogens (tertiary/aromatic N) is 4. The molecule has 0 spiro atoms. The van der Waals surface area contributed by atoms with Gasteiger partial charge in [-0.15, -0.1) is 15.3 Å². The summed E-state index contributed by atoms with van der Waals surface area (Å²) in [5, 5.41) is 27.7. The lowest BCUT2D eigenvalue weighted by atomic mass is 10.0. The number of esters is 2. The number of nitrogen functional groups attached to an aromatic ring is 1. The molecule has 0 unspecified atom stereocenters. The monoisotopic (exact) mass is 605 g/mol. The number of fused-ring (bicyclic) bond motifs is 1. The summed E-state index contributed by atoms with van der Waals surface area (Å²) in [4.78, 5) is 23.6. The maximum atomic E-state index is 12.4. The number of aryl methyl sites for hydroxylation is 3. The number of methoxy groups -OCH3 is 2. The molecule has 0 aliphatic carbocycles. The van der Waals surface area contributed by atoms with Gasteiger partial charge in [-0.3, -0.25) is 4.55 Å². The number of aromatic hydroxyl groups is 1. The van der Waals surface area contributed by atoms with Gasteiger partial charge in [-0.25, -0.2) is 9.59 Å². The molecule has 4 N–H and O–H groups in total. The number of hydrogen-bond acceptors (Lipinski definition) is 12. The van der Waals surface area contributed by atoms with Gasteiger partial charge in [0.05, 0.1) is 42.1 Å². The Hall–Kier alpha value is -5.21. The highest BCUT2D eigenvalue weighted by Crippen LogP contribution is 2.47. The smallest absolute Gasteiger partial charge is 0.340 e. The van der Waals surface area contributed by atoms with E-state index in [9.17, 15) is 27.7 Å². The number of ether oxygens (including phenoxy) is 2. The normalized spacial score (nSPS) is 11.9. The standard InChI is InChI=1S/C29H27N5O8S/c1-14-6-8-19(11-15(14)2)31-33-25-16(3)10-18-13-22(43(38,39)40)26(27(35)23(18)24(25)30)34-32-21-12-17(28(36)41-4)7-9-20(21)29(37)42-5/h6-13,35H,30H2,1-5H3,(H,38,39,40). The summed E-state index contributed by atoms with van der Waals surface area (Å²) in [6.07, 6.45) is 0. The van der Waals surface area contributed by atoms with Crippen LogP contribution in [0.15, 0.2) is 73.9 Å². The molecule has 4 aromatic rings. The molecule has 4 aromatic carbocycles. The third-order valence-corrected chi connectivity index (χ3v) is 7.52. The molecule has 0 fully saturated rings. The maximum absolute atomic E-state index is 12.4. The van der Waals surface area contributed by atoms with E-state index in [1.54, 1.807) is 13.0 Å². The molecular weight excluding hydrogens is 578 g/mol. The molecule has 43 heavy (non-hydrogen) atoms. The molecule has 0 aliphatic heterocycles. The van der Waals surface area contributed by atoms with Crippen LogP contribution < -0.4 is 5.73 Å². The van der Waals surface area contributed by atoms with E-state index in [0.717, 1.165) is 37.5 Å². The SMILES string of the molecule is COC(=O)c1ccc(C(=O)OC)c(N=Nc2c(S(=O)(=O)O)cc3cc(C)c(N=Nc4ccc(C)c(C)c4)c(N)c3c2O)c1. The third kappa shape index (κ3) is 6.19. The topological polar surface area (TPSA) is 203 Å². The molecule has 0 saturated heterocycles. The zero-order valence-corrected chi connectivity index (χ0v) is 24.6. The molecule has 13 nitrogen and oxygen atoms in total. The summed E-state index contributed by atoms with van der Waals surface area (Å²) >= 11 is 0. The molecule has 4 rings (SSSR count). The molecule has 0 bridgehead atoms. The van der Waals surface area contributed by atoms with Crippen molar-refractivity contribution < 1.29 is 37.1 Å². The summed E-state index contributed by atoms with van der Waals surface area (Å²) in [7, 11) is -2.67. The van der Waals surface area contributed by atoms with Crippen LogP contribution in [0.2, 0.25) is 0 Å². The number of phenols is 1. The summed E-state index contributed by atoms with van der Waals surface area (Å²) in [6.45, 7) is 5.57. The Morgan fingerprint density at radius 3 is 2.09 bits per heavy atom. The van der Waals surface area contributed by atoms with Crippen LogP contribution in [-0.4, -0.2) is 44.2 Å². The minimum Gasteiger partial charge on any atom is -0.505 e. The number of carbonyl (C=O) groups excluding carboxylic acids is 2. The van der Waals surface area contributed by atoms with E-state index >= 15 is 0 Å². The Bertz CT molecular complexity index is 1970. The fourth-order valence-corrected chi connectivity index (χ4v) is 4.91. The zero-order valence-electron chi connectivity index (χ0n) is 23.7. The van der Waals surface area contributed by atoms with Crippen LogP contribution in [0, 0.1) is 20.8 Å². The first kappa shape index (κ1) is 30.7. The second kappa shape index (κ2) is 12.0. The lowest BCUT2D eigenvalue weighted by Crippen LogP contribution is -2.05. The van der Waals surface area contributed by atoms with Crippen molar-refractivity contribution in [2.75, 3.05) is 20.0 Å². The highest BCUT2D eigenvalue weighted by Gasteiger charge is 2.25. The van der Waals surface area contributed by atoms with Crippen molar-refractivity contribution in [3.63, 3.8) is 0 Å². The van der Waals surface area contributed by atoms with E-state index in [2.05, 4.69) is 20.5 Å². The second-order valence-corrected chi connectivity index (χ2v) is 10.9. The van der Waals surface area contributed by atoms with Crippen LogP contribution in [0.5, 0.6) is 5.75 Å².